The molecule has 0 atom stereocenters. The number of rotatable bonds is 10. The van der Waals surface area contributed by atoms with E-state index in [4.69, 9.17) is 0 Å². The van der Waals surface area contributed by atoms with Crippen molar-refractivity contribution in [2.45, 2.75) is 6.92 Å². The molecule has 0 heterocycles. The molecule has 0 unspecified atom stereocenters. The van der Waals surface area contributed by atoms with Gasteiger partial charge in [-0.15, -0.1) is 0 Å². The summed E-state index contributed by atoms with van der Waals surface area (Å²) in [4.78, 5) is 9.76. The van der Waals surface area contributed by atoms with Crippen molar-refractivity contribution >= 4 is 18.2 Å². The summed E-state index contributed by atoms with van der Waals surface area (Å²) in [5.74, 6) is 2.18. The van der Waals surface area contributed by atoms with Crippen LogP contribution < -0.4 is 10.6 Å². The molecule has 0 radical (unpaired) electrons. The molecule has 0 fully saturated rings. The maximum absolute atomic E-state index is 9.76. The Kier molecular flexibility index (Phi) is 12.0. The molecule has 4 nitrogen and oxygen atoms in total. The van der Waals surface area contributed by atoms with Crippen LogP contribution in [-0.4, -0.2) is 31.3 Å². The Morgan fingerprint density at radius 1 is 1.27 bits per heavy atom. The van der Waals surface area contributed by atoms with E-state index in [-0.39, 0.29) is 6.73 Å². The molecule has 0 amide bonds. The van der Waals surface area contributed by atoms with E-state index in [1.165, 1.54) is 0 Å². The summed E-state index contributed by atoms with van der Waals surface area (Å²) in [7, 11) is 0. The Hall–Kier alpha value is -1.10. The van der Waals surface area contributed by atoms with Crippen molar-refractivity contribution in [3.63, 3.8) is 0 Å². The van der Waals surface area contributed by atoms with Gasteiger partial charge in [-0.2, -0.15) is 11.8 Å². The molecule has 15 heavy (non-hydrogen) atoms. The van der Waals surface area contributed by atoms with Gasteiger partial charge in [-0.25, -0.2) is 0 Å². The quantitative estimate of drug-likeness (QED) is 0.334. The molecular formula is C10H18N2O2S. The van der Waals surface area contributed by atoms with Gasteiger partial charge in [-0.1, -0.05) is 13.0 Å². The van der Waals surface area contributed by atoms with Gasteiger partial charge in [0, 0.05) is 12.3 Å². The molecule has 86 valence electrons. The van der Waals surface area contributed by atoms with E-state index < -0.39 is 0 Å². The summed E-state index contributed by atoms with van der Waals surface area (Å²) in [5.41, 5.74) is 0. The van der Waals surface area contributed by atoms with Crippen molar-refractivity contribution in [1.29, 1.82) is 0 Å². The fourth-order valence-electron chi connectivity index (χ4n) is 0.726. The zero-order valence-corrected chi connectivity index (χ0v) is 9.76. The molecule has 0 aromatic rings. The second kappa shape index (κ2) is 12.9. The summed E-state index contributed by atoms with van der Waals surface area (Å²) in [6, 6.07) is 0. The van der Waals surface area contributed by atoms with Crippen LogP contribution in [-0.2, 0) is 9.53 Å². The van der Waals surface area contributed by atoms with Crippen molar-refractivity contribution in [3.05, 3.63) is 24.6 Å². The van der Waals surface area contributed by atoms with Crippen LogP contribution in [0.2, 0.25) is 0 Å². The highest BCUT2D eigenvalue weighted by Crippen LogP contribution is 1.96. The molecule has 0 spiro atoms. The van der Waals surface area contributed by atoms with Gasteiger partial charge in [0.15, 0.2) is 6.73 Å². The molecule has 0 rings (SSSR count). The third-order valence-corrected chi connectivity index (χ3v) is 2.20. The predicted molar refractivity (Wildman–Crippen MR) is 64.4 cm³/mol. The smallest absolute Gasteiger partial charge is 0.294 e. The van der Waals surface area contributed by atoms with E-state index in [2.05, 4.69) is 28.4 Å². The van der Waals surface area contributed by atoms with E-state index in [1.54, 1.807) is 6.20 Å². The predicted octanol–water partition coefficient (Wildman–Crippen LogP) is 1.08. The maximum Gasteiger partial charge on any atom is 0.294 e. The molecule has 5 heteroatoms. The van der Waals surface area contributed by atoms with Crippen LogP contribution in [0.15, 0.2) is 24.6 Å². The topological polar surface area (TPSA) is 50.4 Å². The third kappa shape index (κ3) is 12.9. The molecule has 0 aliphatic rings. The molecule has 0 aliphatic carbocycles. The number of nitrogens with one attached hydrogen (secondary N) is 2. The molecule has 0 aromatic heterocycles. The highest BCUT2D eigenvalue weighted by molar-refractivity contribution is 7.99. The van der Waals surface area contributed by atoms with E-state index in [0.29, 0.717) is 6.47 Å². The first-order valence-corrected chi connectivity index (χ1v) is 5.97. The number of carbonyl (C=O) groups excluding carboxylic acids is 1. The van der Waals surface area contributed by atoms with Gasteiger partial charge in [0.25, 0.3) is 6.47 Å². The second-order valence-corrected chi connectivity index (χ2v) is 3.80. The van der Waals surface area contributed by atoms with Gasteiger partial charge in [0.1, 0.15) is 0 Å². The average molecular weight is 230 g/mol. The first kappa shape index (κ1) is 13.9. The fourth-order valence-corrected chi connectivity index (χ4v) is 1.19. The van der Waals surface area contributed by atoms with Crippen molar-refractivity contribution in [1.82, 2.24) is 10.6 Å². The summed E-state index contributed by atoms with van der Waals surface area (Å²) in [6.45, 7) is 3.51. The van der Waals surface area contributed by atoms with Gasteiger partial charge in [0.2, 0.25) is 0 Å². The Balaban J connectivity index is 3.15. The number of carbonyl (C=O) groups is 1. The lowest BCUT2D eigenvalue weighted by molar-refractivity contribution is -0.129. The maximum atomic E-state index is 9.76. The second-order valence-electron chi connectivity index (χ2n) is 2.48. The fraction of sp³-hybridized carbons (Fsp3) is 0.500. The normalized spacial score (nSPS) is 10.7. The Morgan fingerprint density at radius 2 is 2.07 bits per heavy atom. The molecule has 0 saturated carbocycles. The molecule has 0 bridgehead atoms. The van der Waals surface area contributed by atoms with Crippen molar-refractivity contribution in [2.75, 3.05) is 24.8 Å². The Bertz CT molecular complexity index is 196. The first-order chi connectivity index (χ1) is 7.41. The van der Waals surface area contributed by atoms with Crippen LogP contribution >= 0.6 is 11.8 Å². The van der Waals surface area contributed by atoms with Crippen LogP contribution in [0.4, 0.5) is 0 Å². The van der Waals surface area contributed by atoms with E-state index in [1.807, 2.05) is 24.0 Å². The van der Waals surface area contributed by atoms with Crippen LogP contribution in [0.25, 0.3) is 0 Å². The minimum Gasteiger partial charge on any atom is -0.447 e. The van der Waals surface area contributed by atoms with E-state index in [0.717, 1.165) is 18.1 Å². The number of hydrogen-bond donors (Lipinski definition) is 2. The lowest BCUT2D eigenvalue weighted by Gasteiger charge is -1.97. The standard InChI is InChI=1S/C10H18N2O2S/c1-2-15-8-4-7-11-5-3-6-12-9-14-10-13/h3-4,6-7,10-12H,2,5,8-9H2,1H3. The Labute approximate surface area is 95.1 Å². The Morgan fingerprint density at radius 3 is 2.80 bits per heavy atom. The molecule has 0 aromatic carbocycles. The van der Waals surface area contributed by atoms with Crippen LogP contribution in [0, 0.1) is 0 Å². The van der Waals surface area contributed by atoms with Gasteiger partial charge in [0.05, 0.1) is 0 Å². The highest BCUT2D eigenvalue weighted by Gasteiger charge is 1.78. The monoisotopic (exact) mass is 230 g/mol. The van der Waals surface area contributed by atoms with Crippen LogP contribution in [0.5, 0.6) is 0 Å². The molecule has 0 saturated heterocycles. The molecule has 0 aliphatic heterocycles. The zero-order chi connectivity index (χ0) is 11.2. The summed E-state index contributed by atoms with van der Waals surface area (Å²) in [5, 5.41) is 5.90. The van der Waals surface area contributed by atoms with Crippen molar-refractivity contribution in [3.8, 4) is 0 Å². The number of hydrogen-bond acceptors (Lipinski definition) is 5. The van der Waals surface area contributed by atoms with Crippen LogP contribution in [0.3, 0.4) is 0 Å². The summed E-state index contributed by atoms with van der Waals surface area (Å²) in [6.07, 6.45) is 7.68. The van der Waals surface area contributed by atoms with Gasteiger partial charge < -0.3 is 15.4 Å². The molecular weight excluding hydrogens is 212 g/mol. The summed E-state index contributed by atoms with van der Waals surface area (Å²) >= 11 is 1.88. The van der Waals surface area contributed by atoms with Gasteiger partial charge in [-0.05, 0) is 24.2 Å². The van der Waals surface area contributed by atoms with Crippen molar-refractivity contribution in [2.24, 2.45) is 0 Å². The lowest BCUT2D eigenvalue weighted by atomic mass is 10.6. The average Bonchev–Trinajstić information content (AvgIpc) is 2.26. The number of ether oxygens (including phenoxy) is 1. The minimum atomic E-state index is 0.211. The molecule has 2 N–H and O–H groups in total. The highest BCUT2D eigenvalue weighted by atomic mass is 32.2. The largest absolute Gasteiger partial charge is 0.447 e. The third-order valence-electron chi connectivity index (χ3n) is 1.36. The number of thioether (sulfide) groups is 1. The van der Waals surface area contributed by atoms with Gasteiger partial charge >= 0.3 is 0 Å². The first-order valence-electron chi connectivity index (χ1n) is 4.81. The van der Waals surface area contributed by atoms with Gasteiger partial charge in [-0.3, -0.25) is 4.79 Å². The summed E-state index contributed by atoms with van der Waals surface area (Å²) < 4.78 is 4.43. The SMILES string of the molecule is CCSCC=CNCC=CNCOC=O. The van der Waals surface area contributed by atoms with Crippen molar-refractivity contribution < 1.29 is 9.53 Å². The van der Waals surface area contributed by atoms with E-state index >= 15 is 0 Å². The lowest BCUT2D eigenvalue weighted by Crippen LogP contribution is -2.11. The minimum absolute atomic E-state index is 0.211. The van der Waals surface area contributed by atoms with E-state index in [9.17, 15) is 4.79 Å². The van der Waals surface area contributed by atoms with Crippen LogP contribution in [0.1, 0.15) is 6.92 Å². The zero-order valence-electron chi connectivity index (χ0n) is 8.94.